The van der Waals surface area contributed by atoms with Crippen LogP contribution in [0.25, 0.3) is 6.08 Å². The van der Waals surface area contributed by atoms with Crippen molar-refractivity contribution >= 4 is 57.7 Å². The molecule has 2 fully saturated rings. The maximum Gasteiger partial charge on any atom is 0.270 e. The number of benzene rings is 1. The SMILES string of the molecule is Cc1c(/C=C2\SC(=S)N(Cc3ccccc3Cl)C2=O)c(N2CCCCC2)n(C)c(=O)c1C#N. The highest BCUT2D eigenvalue weighted by Crippen LogP contribution is 2.37. The molecule has 0 N–H and O–H groups in total. The number of nitrogens with zero attached hydrogens (tertiary/aromatic N) is 4. The number of aromatic nitrogens is 1. The molecule has 0 spiro atoms. The van der Waals surface area contributed by atoms with E-state index < -0.39 is 0 Å². The first kappa shape index (κ1) is 23.6. The van der Waals surface area contributed by atoms with Gasteiger partial charge in [-0.2, -0.15) is 5.26 Å². The fourth-order valence-electron chi connectivity index (χ4n) is 4.26. The molecule has 2 aliphatic heterocycles. The molecule has 33 heavy (non-hydrogen) atoms. The largest absolute Gasteiger partial charge is 0.357 e. The van der Waals surface area contributed by atoms with E-state index in [0.29, 0.717) is 25.4 Å². The zero-order valence-electron chi connectivity index (χ0n) is 18.4. The summed E-state index contributed by atoms with van der Waals surface area (Å²) in [4.78, 5) is 30.3. The lowest BCUT2D eigenvalue weighted by atomic mass is 10.0. The smallest absolute Gasteiger partial charge is 0.270 e. The zero-order valence-corrected chi connectivity index (χ0v) is 20.8. The van der Waals surface area contributed by atoms with Crippen LogP contribution in [0.2, 0.25) is 5.02 Å². The summed E-state index contributed by atoms with van der Waals surface area (Å²) in [7, 11) is 1.69. The predicted octanol–water partition coefficient (Wildman–Crippen LogP) is 4.61. The number of hydrogen-bond acceptors (Lipinski definition) is 6. The van der Waals surface area contributed by atoms with Crippen molar-refractivity contribution in [2.24, 2.45) is 7.05 Å². The van der Waals surface area contributed by atoms with Gasteiger partial charge in [0, 0.05) is 30.7 Å². The molecule has 0 bridgehead atoms. The molecule has 4 rings (SSSR count). The fraction of sp³-hybridized carbons (Fsp3) is 0.333. The van der Waals surface area contributed by atoms with Crippen LogP contribution in [0.15, 0.2) is 34.0 Å². The topological polar surface area (TPSA) is 69.3 Å². The summed E-state index contributed by atoms with van der Waals surface area (Å²) >= 11 is 13.0. The number of carbonyl (C=O) groups excluding carboxylic acids is 1. The normalized spacial score (nSPS) is 17.7. The first-order valence-electron chi connectivity index (χ1n) is 10.7. The van der Waals surface area contributed by atoms with Gasteiger partial charge in [0.2, 0.25) is 0 Å². The molecule has 0 radical (unpaired) electrons. The first-order valence-corrected chi connectivity index (χ1v) is 12.3. The van der Waals surface area contributed by atoms with E-state index in [-0.39, 0.29) is 23.6 Å². The Bertz CT molecular complexity index is 1270. The maximum atomic E-state index is 13.3. The van der Waals surface area contributed by atoms with E-state index in [0.717, 1.165) is 43.7 Å². The highest BCUT2D eigenvalue weighted by molar-refractivity contribution is 8.26. The lowest BCUT2D eigenvalue weighted by Crippen LogP contribution is -2.36. The number of anilines is 1. The van der Waals surface area contributed by atoms with Gasteiger partial charge in [-0.15, -0.1) is 0 Å². The number of piperidine rings is 1. The van der Waals surface area contributed by atoms with E-state index >= 15 is 0 Å². The summed E-state index contributed by atoms with van der Waals surface area (Å²) in [5.41, 5.74) is 1.89. The number of rotatable bonds is 4. The van der Waals surface area contributed by atoms with Crippen LogP contribution in [0.5, 0.6) is 0 Å². The number of nitriles is 1. The van der Waals surface area contributed by atoms with Crippen molar-refractivity contribution < 1.29 is 4.79 Å². The van der Waals surface area contributed by atoms with Gasteiger partial charge in [-0.05, 0) is 49.5 Å². The molecular weight excluding hydrogens is 476 g/mol. The summed E-state index contributed by atoms with van der Waals surface area (Å²) in [5.74, 6) is 0.536. The highest BCUT2D eigenvalue weighted by Gasteiger charge is 2.33. The Morgan fingerprint density at radius 2 is 1.91 bits per heavy atom. The molecule has 3 heterocycles. The van der Waals surface area contributed by atoms with Crippen LogP contribution < -0.4 is 10.5 Å². The second-order valence-corrected chi connectivity index (χ2v) is 10.2. The number of thiocarbonyl (C=S) groups is 1. The van der Waals surface area contributed by atoms with Gasteiger partial charge in [0.25, 0.3) is 11.5 Å². The molecule has 0 aliphatic carbocycles. The average molecular weight is 499 g/mol. The molecule has 0 atom stereocenters. The molecule has 0 unspecified atom stereocenters. The summed E-state index contributed by atoms with van der Waals surface area (Å²) in [6, 6.07) is 9.41. The van der Waals surface area contributed by atoms with Crippen molar-refractivity contribution in [3.8, 4) is 6.07 Å². The minimum absolute atomic E-state index is 0.0936. The van der Waals surface area contributed by atoms with E-state index in [1.807, 2.05) is 24.3 Å². The Labute approximate surface area is 207 Å². The number of amides is 1. The summed E-state index contributed by atoms with van der Waals surface area (Å²) in [5, 5.41) is 10.2. The summed E-state index contributed by atoms with van der Waals surface area (Å²) < 4.78 is 1.99. The fourth-order valence-corrected chi connectivity index (χ4v) is 5.70. The zero-order chi connectivity index (χ0) is 23.7. The summed E-state index contributed by atoms with van der Waals surface area (Å²) in [6.07, 6.45) is 5.00. The van der Waals surface area contributed by atoms with Crippen molar-refractivity contribution in [2.45, 2.75) is 32.7 Å². The van der Waals surface area contributed by atoms with E-state index in [9.17, 15) is 14.9 Å². The highest BCUT2D eigenvalue weighted by atomic mass is 35.5. The monoisotopic (exact) mass is 498 g/mol. The van der Waals surface area contributed by atoms with Gasteiger partial charge in [-0.25, -0.2) is 0 Å². The Morgan fingerprint density at radius 3 is 2.58 bits per heavy atom. The third-order valence-electron chi connectivity index (χ3n) is 6.06. The van der Waals surface area contributed by atoms with Crippen LogP contribution in [0.3, 0.4) is 0 Å². The Balaban J connectivity index is 1.78. The molecule has 2 aromatic rings. The molecule has 6 nitrogen and oxygen atoms in total. The minimum atomic E-state index is -0.320. The molecule has 1 amide bonds. The number of pyridine rings is 1. The van der Waals surface area contributed by atoms with Crippen LogP contribution in [0.1, 0.15) is 41.5 Å². The maximum absolute atomic E-state index is 13.3. The van der Waals surface area contributed by atoms with Gasteiger partial charge < -0.3 is 4.90 Å². The van der Waals surface area contributed by atoms with Crippen LogP contribution in [-0.2, 0) is 18.4 Å². The Hall–Kier alpha value is -2.60. The van der Waals surface area contributed by atoms with Crippen molar-refractivity contribution in [3.05, 3.63) is 66.8 Å². The number of thioether (sulfide) groups is 1. The number of carbonyl (C=O) groups is 1. The lowest BCUT2D eigenvalue weighted by molar-refractivity contribution is -0.122. The van der Waals surface area contributed by atoms with Gasteiger partial charge in [0.1, 0.15) is 21.8 Å². The van der Waals surface area contributed by atoms with E-state index in [1.54, 1.807) is 26.1 Å². The average Bonchev–Trinajstić information content (AvgIpc) is 3.07. The third-order valence-corrected chi connectivity index (χ3v) is 7.81. The van der Waals surface area contributed by atoms with Crippen LogP contribution >= 0.6 is 35.6 Å². The molecule has 0 saturated carbocycles. The van der Waals surface area contributed by atoms with E-state index in [2.05, 4.69) is 4.90 Å². The quantitative estimate of drug-likeness (QED) is 0.453. The van der Waals surface area contributed by atoms with Crippen molar-refractivity contribution in [1.29, 1.82) is 5.26 Å². The molecule has 170 valence electrons. The molecule has 2 aliphatic rings. The van der Waals surface area contributed by atoms with Gasteiger partial charge in [-0.3, -0.25) is 19.1 Å². The van der Waals surface area contributed by atoms with Crippen molar-refractivity contribution in [1.82, 2.24) is 9.47 Å². The van der Waals surface area contributed by atoms with E-state index in [4.69, 9.17) is 23.8 Å². The van der Waals surface area contributed by atoms with Crippen molar-refractivity contribution in [3.63, 3.8) is 0 Å². The van der Waals surface area contributed by atoms with Crippen molar-refractivity contribution in [2.75, 3.05) is 18.0 Å². The second kappa shape index (κ2) is 9.72. The third kappa shape index (κ3) is 4.45. The van der Waals surface area contributed by atoms with Gasteiger partial charge in [0.05, 0.1) is 11.4 Å². The van der Waals surface area contributed by atoms with Crippen LogP contribution in [0, 0.1) is 18.3 Å². The van der Waals surface area contributed by atoms with Crippen LogP contribution in [-0.4, -0.2) is 32.8 Å². The predicted molar refractivity (Wildman–Crippen MR) is 137 cm³/mol. The first-order chi connectivity index (χ1) is 15.8. The van der Waals surface area contributed by atoms with Gasteiger partial charge >= 0.3 is 0 Å². The second-order valence-electron chi connectivity index (χ2n) is 8.12. The molecular formula is C24H23ClN4O2S2. The number of halogens is 1. The van der Waals surface area contributed by atoms with Gasteiger partial charge in [-0.1, -0.05) is 53.8 Å². The molecule has 2 saturated heterocycles. The Kier molecular flexibility index (Phi) is 6.94. The van der Waals surface area contributed by atoms with Gasteiger partial charge in [0.15, 0.2) is 0 Å². The Morgan fingerprint density at radius 1 is 1.21 bits per heavy atom. The molecule has 1 aromatic carbocycles. The molecule has 9 heteroatoms. The minimum Gasteiger partial charge on any atom is -0.357 e. The van der Waals surface area contributed by atoms with Crippen LogP contribution in [0.4, 0.5) is 5.82 Å². The van der Waals surface area contributed by atoms with E-state index in [1.165, 1.54) is 21.2 Å². The number of hydrogen-bond donors (Lipinski definition) is 0. The lowest BCUT2D eigenvalue weighted by Gasteiger charge is -2.32. The standard InChI is InChI=1S/C24H23ClN4O2S2/c1-15-17(21(28-10-6-3-7-11-28)27(2)22(30)18(15)13-26)12-20-23(31)29(24(32)33-20)14-16-8-4-5-9-19(16)25/h4-5,8-9,12H,3,6-7,10-11,14H2,1-2H3/b20-12-. The summed E-state index contributed by atoms with van der Waals surface area (Å²) in [6.45, 7) is 3.71. The molecule has 1 aromatic heterocycles.